The number of halogens is 2. The number of hydrogen-bond donors (Lipinski definition) is 1. The Kier molecular flexibility index (Phi) is 6.92. The van der Waals surface area contributed by atoms with Gasteiger partial charge in [-0.2, -0.15) is 0 Å². The Labute approximate surface area is 221 Å². The van der Waals surface area contributed by atoms with Gasteiger partial charge in [-0.25, -0.2) is 8.78 Å². The Morgan fingerprint density at radius 3 is 2.33 bits per heavy atom. The third-order valence-corrected chi connectivity index (χ3v) is 5.92. The van der Waals surface area contributed by atoms with E-state index in [0.29, 0.717) is 28.2 Å². The highest BCUT2D eigenvalue weighted by molar-refractivity contribution is 6.04. The van der Waals surface area contributed by atoms with Gasteiger partial charge in [0.25, 0.3) is 11.5 Å². The van der Waals surface area contributed by atoms with E-state index in [1.165, 1.54) is 67.6 Å². The summed E-state index contributed by atoms with van der Waals surface area (Å²) in [7, 11) is 3.02. The van der Waals surface area contributed by atoms with E-state index < -0.39 is 23.1 Å². The molecule has 196 valence electrons. The van der Waals surface area contributed by atoms with Gasteiger partial charge in [-0.05, 0) is 60.7 Å². The smallest absolute Gasteiger partial charge is 0.278 e. The van der Waals surface area contributed by atoms with Crippen LogP contribution in [-0.4, -0.2) is 29.7 Å². The maximum Gasteiger partial charge on any atom is 0.278 e. The molecule has 2 aromatic heterocycles. The molecule has 0 radical (unpaired) electrons. The van der Waals surface area contributed by atoms with Gasteiger partial charge in [-0.3, -0.25) is 19.1 Å². The first-order chi connectivity index (χ1) is 18.9. The van der Waals surface area contributed by atoms with Crippen molar-refractivity contribution in [3.8, 4) is 28.7 Å². The second-order valence-corrected chi connectivity index (χ2v) is 8.31. The van der Waals surface area contributed by atoms with Crippen molar-refractivity contribution >= 4 is 22.5 Å². The van der Waals surface area contributed by atoms with Crippen molar-refractivity contribution in [1.29, 1.82) is 0 Å². The summed E-state index contributed by atoms with van der Waals surface area (Å²) >= 11 is 0. The van der Waals surface area contributed by atoms with Crippen molar-refractivity contribution in [2.24, 2.45) is 0 Å². The lowest BCUT2D eigenvalue weighted by molar-refractivity contribution is 0.102. The number of nitrogens with zero attached hydrogens (tertiary/aromatic N) is 2. The van der Waals surface area contributed by atoms with E-state index in [-0.39, 0.29) is 22.7 Å². The molecule has 0 unspecified atom stereocenters. The number of methoxy groups -OCH3 is 2. The molecule has 2 heterocycles. The van der Waals surface area contributed by atoms with Crippen LogP contribution in [0.2, 0.25) is 0 Å². The Balaban J connectivity index is 1.42. The van der Waals surface area contributed by atoms with Gasteiger partial charge in [-0.1, -0.05) is 0 Å². The fourth-order valence-corrected chi connectivity index (χ4v) is 3.97. The molecule has 0 aliphatic rings. The standard InChI is InChI=1S/C29H21F2N3O5/c1-37-26-15-20-23(16-27(26)38-2)32-12-11-24(20)39-25-10-9-19(14-21(25)31)34-13-3-4-22(29(34)36)33-28(35)17-5-7-18(30)8-6-17/h3-16H,1-2H3,(H,33,35). The second kappa shape index (κ2) is 10.6. The van der Waals surface area contributed by atoms with Gasteiger partial charge < -0.3 is 19.5 Å². The van der Waals surface area contributed by atoms with E-state index >= 15 is 4.39 Å². The average Bonchev–Trinajstić information content (AvgIpc) is 2.95. The number of ether oxygens (including phenoxy) is 3. The molecule has 0 atom stereocenters. The van der Waals surface area contributed by atoms with Crippen molar-refractivity contribution in [1.82, 2.24) is 9.55 Å². The lowest BCUT2D eigenvalue weighted by atomic mass is 10.1. The molecule has 10 heteroatoms. The normalized spacial score (nSPS) is 10.8. The quantitative estimate of drug-likeness (QED) is 0.290. The average molecular weight is 529 g/mol. The van der Waals surface area contributed by atoms with Gasteiger partial charge in [0.2, 0.25) is 0 Å². The minimum Gasteiger partial charge on any atom is -0.493 e. The molecule has 1 amide bonds. The largest absolute Gasteiger partial charge is 0.493 e. The first-order valence-electron chi connectivity index (χ1n) is 11.6. The lowest BCUT2D eigenvalue weighted by Gasteiger charge is -2.14. The van der Waals surface area contributed by atoms with E-state index in [4.69, 9.17) is 14.2 Å². The predicted octanol–water partition coefficient (Wildman–Crippen LogP) is 5.73. The topological polar surface area (TPSA) is 91.7 Å². The minimum atomic E-state index is -0.717. The molecular weight excluding hydrogens is 508 g/mol. The highest BCUT2D eigenvalue weighted by Crippen LogP contribution is 2.37. The van der Waals surface area contributed by atoms with Crippen LogP contribution in [0.1, 0.15) is 10.4 Å². The number of pyridine rings is 2. The Bertz CT molecular complexity index is 1750. The summed E-state index contributed by atoms with van der Waals surface area (Å²) in [6, 6.07) is 16.9. The number of carbonyl (C=O) groups is 1. The lowest BCUT2D eigenvalue weighted by Crippen LogP contribution is -2.24. The number of nitrogens with one attached hydrogen (secondary N) is 1. The van der Waals surface area contributed by atoms with Crippen LogP contribution in [0.3, 0.4) is 0 Å². The number of rotatable bonds is 7. The van der Waals surface area contributed by atoms with Crippen LogP contribution in [0, 0.1) is 11.6 Å². The highest BCUT2D eigenvalue weighted by atomic mass is 19.1. The molecular formula is C29H21F2N3O5. The highest BCUT2D eigenvalue weighted by Gasteiger charge is 2.15. The van der Waals surface area contributed by atoms with Gasteiger partial charge in [-0.15, -0.1) is 0 Å². The molecule has 1 N–H and O–H groups in total. The van der Waals surface area contributed by atoms with Crippen LogP contribution in [0.25, 0.3) is 16.6 Å². The Morgan fingerprint density at radius 1 is 0.872 bits per heavy atom. The first kappa shape index (κ1) is 25.4. The SMILES string of the molecule is COc1cc2nccc(Oc3ccc(-n4cccc(NC(=O)c5ccc(F)cc5)c4=O)cc3F)c2cc1OC. The fraction of sp³-hybridized carbons (Fsp3) is 0.0690. The fourth-order valence-electron chi connectivity index (χ4n) is 3.97. The maximum atomic E-state index is 15.2. The van der Waals surface area contributed by atoms with Crippen LogP contribution in [0.15, 0.2) is 90.0 Å². The number of aromatic nitrogens is 2. The zero-order valence-electron chi connectivity index (χ0n) is 20.8. The summed E-state index contributed by atoms with van der Waals surface area (Å²) in [5.41, 5.74) is 0.350. The van der Waals surface area contributed by atoms with E-state index in [1.807, 2.05) is 0 Å². The molecule has 0 aliphatic carbocycles. The summed E-state index contributed by atoms with van der Waals surface area (Å²) in [5.74, 6) is -0.564. The van der Waals surface area contributed by atoms with E-state index in [0.717, 1.165) is 18.2 Å². The van der Waals surface area contributed by atoms with Crippen molar-refractivity contribution in [3.63, 3.8) is 0 Å². The van der Waals surface area contributed by atoms with Crippen molar-refractivity contribution in [2.45, 2.75) is 0 Å². The number of hydrogen-bond acceptors (Lipinski definition) is 6. The van der Waals surface area contributed by atoms with Crippen LogP contribution in [0.4, 0.5) is 14.5 Å². The molecule has 0 saturated carbocycles. The molecule has 0 saturated heterocycles. The molecule has 0 aliphatic heterocycles. The van der Waals surface area contributed by atoms with E-state index in [2.05, 4.69) is 10.3 Å². The molecule has 0 fully saturated rings. The Hall–Kier alpha value is -5.25. The van der Waals surface area contributed by atoms with Gasteiger partial charge in [0.1, 0.15) is 17.3 Å². The molecule has 8 nitrogen and oxygen atoms in total. The van der Waals surface area contributed by atoms with Gasteiger partial charge >= 0.3 is 0 Å². The first-order valence-corrected chi connectivity index (χ1v) is 11.6. The van der Waals surface area contributed by atoms with E-state index in [9.17, 15) is 14.0 Å². The van der Waals surface area contributed by atoms with Crippen molar-refractivity contribution in [2.75, 3.05) is 19.5 Å². The van der Waals surface area contributed by atoms with Crippen LogP contribution in [-0.2, 0) is 0 Å². The summed E-state index contributed by atoms with van der Waals surface area (Å²) in [6.45, 7) is 0. The van der Waals surface area contributed by atoms with Gasteiger partial charge in [0.05, 0.1) is 25.4 Å². The zero-order valence-corrected chi connectivity index (χ0v) is 20.8. The number of fused-ring (bicyclic) bond motifs is 1. The Morgan fingerprint density at radius 2 is 1.62 bits per heavy atom. The van der Waals surface area contributed by atoms with Gasteiger partial charge in [0, 0.05) is 35.5 Å². The number of anilines is 1. The van der Waals surface area contributed by atoms with Crippen molar-refractivity contribution in [3.05, 3.63) is 113 Å². The summed E-state index contributed by atoms with van der Waals surface area (Å²) in [5, 5.41) is 3.09. The third-order valence-electron chi connectivity index (χ3n) is 5.92. The summed E-state index contributed by atoms with van der Waals surface area (Å²) < 4.78 is 46.1. The number of amides is 1. The molecule has 0 bridgehead atoms. The summed E-state index contributed by atoms with van der Waals surface area (Å²) in [6.07, 6.45) is 2.97. The van der Waals surface area contributed by atoms with Crippen LogP contribution in [0.5, 0.6) is 23.0 Å². The molecule has 5 rings (SSSR count). The molecule has 0 spiro atoms. The monoisotopic (exact) mass is 529 g/mol. The summed E-state index contributed by atoms with van der Waals surface area (Å²) in [4.78, 5) is 29.8. The number of benzene rings is 3. The third kappa shape index (κ3) is 5.12. The predicted molar refractivity (Wildman–Crippen MR) is 141 cm³/mol. The van der Waals surface area contributed by atoms with Crippen LogP contribution >= 0.6 is 0 Å². The minimum absolute atomic E-state index is 0.0276. The molecule has 3 aromatic carbocycles. The molecule has 5 aromatic rings. The molecule has 39 heavy (non-hydrogen) atoms. The maximum absolute atomic E-state index is 15.2. The van der Waals surface area contributed by atoms with Crippen LogP contribution < -0.4 is 25.1 Å². The second-order valence-electron chi connectivity index (χ2n) is 8.31. The van der Waals surface area contributed by atoms with E-state index in [1.54, 1.807) is 18.2 Å². The van der Waals surface area contributed by atoms with Crippen molar-refractivity contribution < 1.29 is 27.8 Å². The van der Waals surface area contributed by atoms with Gasteiger partial charge in [0.15, 0.2) is 23.1 Å². The number of carbonyl (C=O) groups excluding carboxylic acids is 1. The zero-order chi connectivity index (χ0) is 27.5.